The first-order valence-electron chi connectivity index (χ1n) is 12.1. The van der Waals surface area contributed by atoms with Crippen LogP contribution in [-0.4, -0.2) is 57.7 Å². The Balaban J connectivity index is 1.36. The van der Waals surface area contributed by atoms with Crippen LogP contribution < -0.4 is 19.9 Å². The molecule has 7 aliphatic rings. The van der Waals surface area contributed by atoms with Crippen molar-refractivity contribution in [1.82, 2.24) is 19.3 Å². The Morgan fingerprint density at radius 1 is 0.952 bits per heavy atom. The molecule has 7 aliphatic heterocycles. The summed E-state index contributed by atoms with van der Waals surface area (Å²) in [7, 11) is -15.1. The molecule has 9 rings (SSSR count). The average Bonchev–Trinajstić information content (AvgIpc) is 3.49. The Hall–Kier alpha value is -2.26. The maximum absolute atomic E-state index is 13.9. The summed E-state index contributed by atoms with van der Waals surface area (Å²) in [5.41, 5.74) is -1.84. The minimum absolute atomic E-state index is 0.0526. The van der Waals surface area contributed by atoms with Crippen molar-refractivity contribution >= 4 is 40.6 Å². The molecule has 22 nitrogen and oxygen atoms in total. The summed E-state index contributed by atoms with van der Waals surface area (Å²) < 4.78 is 95.0. The number of fused-ring (bicyclic) bond motifs is 4. The molecule has 2 aromatic heterocycles. The molecule has 2 spiro atoms. The predicted molar refractivity (Wildman–Crippen MR) is 122 cm³/mol. The molecule has 0 amide bonds. The highest BCUT2D eigenvalue weighted by Crippen LogP contribution is 2.86. The van der Waals surface area contributed by atoms with Gasteiger partial charge in [0.15, 0.2) is 11.2 Å². The Morgan fingerprint density at radius 2 is 1.69 bits per heavy atom. The van der Waals surface area contributed by atoms with Gasteiger partial charge in [-0.15, -0.1) is 14.0 Å². The van der Waals surface area contributed by atoms with Crippen molar-refractivity contribution in [2.24, 2.45) is 0 Å². The van der Waals surface area contributed by atoms with E-state index >= 15 is 0 Å². The van der Waals surface area contributed by atoms with Crippen LogP contribution in [0.3, 0.4) is 0 Å². The van der Waals surface area contributed by atoms with Crippen molar-refractivity contribution in [3.8, 4) is 6.01 Å². The van der Waals surface area contributed by atoms with E-state index in [9.17, 15) is 33.8 Å². The van der Waals surface area contributed by atoms with Crippen LogP contribution >= 0.6 is 23.5 Å². The van der Waals surface area contributed by atoms with Crippen molar-refractivity contribution in [1.29, 1.82) is 0 Å². The molecule has 42 heavy (non-hydrogen) atoms. The number of anilines is 1. The van der Waals surface area contributed by atoms with Gasteiger partial charge in [-0.3, -0.25) is 14.2 Å². The lowest BCUT2D eigenvalue weighted by molar-refractivity contribution is -0.414. The zero-order valence-corrected chi connectivity index (χ0v) is 23.5. The summed E-state index contributed by atoms with van der Waals surface area (Å²) in [6, 6.07) is -0.917. The molecule has 226 valence electrons. The first-order valence-corrected chi connectivity index (χ1v) is 16.5. The summed E-state index contributed by atoms with van der Waals surface area (Å²) in [4.78, 5) is 20.5. The lowest BCUT2D eigenvalue weighted by Gasteiger charge is -2.43. The second-order valence-electron chi connectivity index (χ2n) is 10.2. The first kappa shape index (κ1) is 26.2. The molecule has 8 unspecified atom stereocenters. The van der Waals surface area contributed by atoms with Gasteiger partial charge in [-0.25, -0.2) is 40.9 Å². The molecule has 3 N–H and O–H groups in total. The molecular formula is C17H16N5O17P3. The zero-order chi connectivity index (χ0) is 29.5. The fourth-order valence-electron chi connectivity index (χ4n) is 5.84. The van der Waals surface area contributed by atoms with Gasteiger partial charge < -0.3 is 19.8 Å². The molecule has 0 radical (unpaired) electrons. The standard InChI is InChI=1S/C17H16N5O17P3/c1-3-4-5-7(2)6-13(24)16-14(25,33-41(28,32-13)35-16)15(26)17(31-16)20-10-8-9(23)19-11-21(10)37-40(27,30-12(20)18-8)38-22(11)39-42(29,34-15)36-17/h5,24-26H,3-4,6H2,1-2H3/b7-5+. The van der Waals surface area contributed by atoms with E-state index in [1.165, 1.54) is 0 Å². The van der Waals surface area contributed by atoms with E-state index < -0.39 is 87.6 Å². The molecule has 11 bridgehead atoms. The third-order valence-electron chi connectivity index (χ3n) is 7.44. The third-order valence-corrected chi connectivity index (χ3v) is 11.3. The number of hydrogen-bond donors (Lipinski definition) is 3. The smallest absolute Gasteiger partial charge is 0.360 e. The number of imidazole rings is 1. The minimum Gasteiger partial charge on any atom is -0.360 e. The van der Waals surface area contributed by atoms with E-state index in [0.29, 0.717) is 21.3 Å². The summed E-state index contributed by atoms with van der Waals surface area (Å²) in [5.74, 6) is -17.5. The number of ether oxygens (including phenoxy) is 1. The molecule has 4 fully saturated rings. The topological polar surface area (TPSA) is 260 Å². The molecule has 2 aromatic rings. The van der Waals surface area contributed by atoms with Crippen LogP contribution in [0, 0.1) is 0 Å². The monoisotopic (exact) mass is 655 g/mol. The highest BCUT2D eigenvalue weighted by atomic mass is 31.2. The molecule has 8 atom stereocenters. The summed E-state index contributed by atoms with van der Waals surface area (Å²) in [6.45, 7) is 3.47. The first-order chi connectivity index (χ1) is 19.6. The van der Waals surface area contributed by atoms with E-state index in [0.717, 1.165) is 6.42 Å². The molecule has 9 heterocycles. The third kappa shape index (κ3) is 2.57. The fraction of sp³-hybridized carbons (Fsp3) is 0.588. The van der Waals surface area contributed by atoms with Crippen LogP contribution in [0.5, 0.6) is 6.01 Å². The lowest BCUT2D eigenvalue weighted by atomic mass is 9.87. The quantitative estimate of drug-likeness (QED) is 0.291. The molecule has 0 aliphatic carbocycles. The van der Waals surface area contributed by atoms with Crippen LogP contribution in [0.4, 0.5) is 5.95 Å². The average molecular weight is 655 g/mol. The summed E-state index contributed by atoms with van der Waals surface area (Å²) in [5, 5.41) is 36.0. The number of aromatic nitrogens is 4. The second kappa shape index (κ2) is 7.01. The summed E-state index contributed by atoms with van der Waals surface area (Å²) >= 11 is 0. The molecule has 0 saturated carbocycles. The number of phosphoric ester groups is 2. The van der Waals surface area contributed by atoms with Crippen molar-refractivity contribution in [2.75, 3.05) is 5.23 Å². The van der Waals surface area contributed by atoms with E-state index in [1.54, 1.807) is 13.0 Å². The largest absolute Gasteiger partial charge is 0.634 e. The highest BCUT2D eigenvalue weighted by Gasteiger charge is 3.02. The van der Waals surface area contributed by atoms with E-state index in [2.05, 4.69) is 9.97 Å². The van der Waals surface area contributed by atoms with Crippen LogP contribution in [0.1, 0.15) is 33.1 Å². The number of unbranched alkanes of at least 4 members (excludes halogenated alkanes) is 1. The van der Waals surface area contributed by atoms with Gasteiger partial charge in [-0.1, -0.05) is 30.2 Å². The minimum atomic E-state index is -5.36. The number of nitrogens with zero attached hydrogens (tertiary/aromatic N) is 5. The van der Waals surface area contributed by atoms with E-state index in [4.69, 9.17) is 45.8 Å². The maximum Gasteiger partial charge on any atom is 0.634 e. The van der Waals surface area contributed by atoms with Crippen molar-refractivity contribution in [3.63, 3.8) is 0 Å². The van der Waals surface area contributed by atoms with Gasteiger partial charge in [0.05, 0.1) is 0 Å². The van der Waals surface area contributed by atoms with Crippen LogP contribution in [-0.2, 0) is 56.2 Å². The fourth-order valence-corrected chi connectivity index (χ4v) is 10.3. The van der Waals surface area contributed by atoms with E-state index in [-0.39, 0.29) is 5.23 Å². The second-order valence-corrected chi connectivity index (χ2v) is 14.5. The normalized spacial score (nSPS) is 48.8. The highest BCUT2D eigenvalue weighted by molar-refractivity contribution is 7.50. The van der Waals surface area contributed by atoms with Crippen LogP contribution in [0.2, 0.25) is 0 Å². The molecule has 25 heteroatoms. The van der Waals surface area contributed by atoms with Crippen molar-refractivity contribution < 1.29 is 74.8 Å². The van der Waals surface area contributed by atoms with Gasteiger partial charge in [0.2, 0.25) is 5.79 Å². The predicted octanol–water partition coefficient (Wildman–Crippen LogP) is 0.0980. The van der Waals surface area contributed by atoms with Crippen LogP contribution in [0.15, 0.2) is 16.4 Å². The Kier molecular flexibility index (Phi) is 4.37. The summed E-state index contributed by atoms with van der Waals surface area (Å²) in [6.07, 6.45) is 2.44. The Labute approximate surface area is 230 Å². The molecule has 0 aromatic carbocycles. The Morgan fingerprint density at radius 3 is 2.45 bits per heavy atom. The van der Waals surface area contributed by atoms with Gasteiger partial charge in [0.25, 0.3) is 11.7 Å². The van der Waals surface area contributed by atoms with Gasteiger partial charge in [-0.2, -0.15) is 9.97 Å². The molecule has 4 saturated heterocycles. The number of hydrogen-bond acceptors (Lipinski definition) is 20. The van der Waals surface area contributed by atoms with Gasteiger partial charge in [-0.05, 0) is 13.3 Å². The lowest BCUT2D eigenvalue weighted by Crippen LogP contribution is -2.71. The molecular weight excluding hydrogens is 639 g/mol. The maximum atomic E-state index is 13.9. The van der Waals surface area contributed by atoms with Gasteiger partial charge in [0.1, 0.15) is 0 Å². The van der Waals surface area contributed by atoms with Gasteiger partial charge in [0, 0.05) is 6.42 Å². The Bertz CT molecular complexity index is 1930. The number of allylic oxidation sites excluding steroid dienone is 1. The van der Waals surface area contributed by atoms with Crippen molar-refractivity contribution in [3.05, 3.63) is 22.0 Å². The zero-order valence-electron chi connectivity index (χ0n) is 20.8. The number of phosphoric acid groups is 3. The number of aliphatic hydroxyl groups is 3. The van der Waals surface area contributed by atoms with Gasteiger partial charge >= 0.3 is 52.5 Å². The van der Waals surface area contributed by atoms with Crippen molar-refractivity contribution in [2.45, 2.75) is 62.2 Å². The SMILES string of the molecule is CCC/C=C(\C)CC1(O)OP2(=O)OC3(O)C4(O)OP5(=O)ON6OP7(=O)Oc8nc9c(=O)nc6n(c9n8C4(OC13O2)O5)O7. The number of rotatable bonds is 4. The van der Waals surface area contributed by atoms with E-state index in [1.807, 2.05) is 6.92 Å². The van der Waals surface area contributed by atoms with Crippen LogP contribution in [0.25, 0.3) is 11.2 Å².